The average Bonchev–Trinajstić information content (AvgIpc) is 2.47. The van der Waals surface area contributed by atoms with Gasteiger partial charge < -0.3 is 4.74 Å². The average molecular weight is 319 g/mol. The van der Waals surface area contributed by atoms with Gasteiger partial charge in [-0.2, -0.15) is 0 Å². The molecule has 0 radical (unpaired) electrons. The molecule has 0 spiro atoms. The molecule has 0 aromatic heterocycles. The van der Waals surface area contributed by atoms with Crippen LogP contribution in [0.3, 0.4) is 0 Å². The summed E-state index contributed by atoms with van der Waals surface area (Å²) in [5.41, 5.74) is 3.98. The molecule has 2 aromatic rings. The van der Waals surface area contributed by atoms with E-state index in [2.05, 4.69) is 59.3 Å². The number of halogens is 1. The van der Waals surface area contributed by atoms with E-state index in [1.54, 1.807) is 7.11 Å². The number of ether oxygens (including phenoxy) is 1. The summed E-state index contributed by atoms with van der Waals surface area (Å²) in [5, 5.41) is 0. The van der Waals surface area contributed by atoms with Gasteiger partial charge in [0.15, 0.2) is 0 Å². The van der Waals surface area contributed by atoms with Crippen molar-refractivity contribution in [2.45, 2.75) is 24.6 Å². The molecular weight excluding hydrogens is 300 g/mol. The van der Waals surface area contributed by atoms with Crippen molar-refractivity contribution in [2.24, 2.45) is 0 Å². The predicted octanol–water partition coefficient (Wildman–Crippen LogP) is 4.94. The normalized spacial score (nSPS) is 12.2. The molecule has 0 fully saturated rings. The first-order chi connectivity index (χ1) is 9.22. The first-order valence-corrected chi connectivity index (χ1v) is 7.50. The number of hydrogen-bond donors (Lipinski definition) is 0. The topological polar surface area (TPSA) is 9.23 Å². The quantitative estimate of drug-likeness (QED) is 0.710. The molecule has 100 valence electrons. The van der Waals surface area contributed by atoms with E-state index in [0.717, 1.165) is 18.6 Å². The third-order valence-corrected chi connectivity index (χ3v) is 4.15. The minimum Gasteiger partial charge on any atom is -0.497 e. The van der Waals surface area contributed by atoms with E-state index in [9.17, 15) is 0 Å². The molecule has 0 N–H and O–H groups in total. The zero-order chi connectivity index (χ0) is 13.7. The molecule has 1 unspecified atom stereocenters. The molecule has 0 aliphatic heterocycles. The van der Waals surface area contributed by atoms with E-state index in [-0.39, 0.29) is 0 Å². The van der Waals surface area contributed by atoms with E-state index >= 15 is 0 Å². The van der Waals surface area contributed by atoms with Crippen molar-refractivity contribution in [3.63, 3.8) is 0 Å². The lowest BCUT2D eigenvalue weighted by Gasteiger charge is -2.12. The molecule has 19 heavy (non-hydrogen) atoms. The van der Waals surface area contributed by atoms with Crippen molar-refractivity contribution in [3.05, 3.63) is 65.2 Å². The van der Waals surface area contributed by atoms with Crippen LogP contribution in [0.25, 0.3) is 0 Å². The Morgan fingerprint density at radius 3 is 2.42 bits per heavy atom. The van der Waals surface area contributed by atoms with Gasteiger partial charge in [0.1, 0.15) is 5.75 Å². The summed E-state index contributed by atoms with van der Waals surface area (Å²) >= 11 is 3.77. The Balaban J connectivity index is 2.08. The zero-order valence-corrected chi connectivity index (χ0v) is 13.0. The molecule has 0 aliphatic rings. The first kappa shape index (κ1) is 14.1. The highest BCUT2D eigenvalue weighted by Crippen LogP contribution is 2.28. The van der Waals surface area contributed by atoms with Crippen LogP contribution in [0.4, 0.5) is 0 Å². The van der Waals surface area contributed by atoms with Gasteiger partial charge in [0, 0.05) is 4.83 Å². The van der Waals surface area contributed by atoms with E-state index < -0.39 is 0 Å². The monoisotopic (exact) mass is 318 g/mol. The van der Waals surface area contributed by atoms with Crippen LogP contribution >= 0.6 is 15.9 Å². The van der Waals surface area contributed by atoms with Crippen molar-refractivity contribution in [1.29, 1.82) is 0 Å². The molecule has 0 amide bonds. The van der Waals surface area contributed by atoms with Gasteiger partial charge in [-0.1, -0.05) is 59.3 Å². The van der Waals surface area contributed by atoms with Crippen molar-refractivity contribution in [3.8, 4) is 5.75 Å². The molecule has 2 heteroatoms. The lowest BCUT2D eigenvalue weighted by Crippen LogP contribution is -1.96. The summed E-state index contributed by atoms with van der Waals surface area (Å²) in [6.45, 7) is 2.18. The highest BCUT2D eigenvalue weighted by Gasteiger charge is 2.09. The Labute approximate surface area is 123 Å². The first-order valence-electron chi connectivity index (χ1n) is 6.58. The van der Waals surface area contributed by atoms with E-state index in [0.29, 0.717) is 4.83 Å². The van der Waals surface area contributed by atoms with Crippen LogP contribution in [0.15, 0.2) is 48.5 Å². The van der Waals surface area contributed by atoms with Crippen molar-refractivity contribution in [2.75, 3.05) is 7.11 Å². The molecule has 0 aliphatic carbocycles. The molecule has 0 bridgehead atoms. The van der Waals surface area contributed by atoms with Gasteiger partial charge in [-0.15, -0.1) is 0 Å². The van der Waals surface area contributed by atoms with Gasteiger partial charge in [0.05, 0.1) is 7.11 Å². The molecule has 1 atom stereocenters. The smallest absolute Gasteiger partial charge is 0.119 e. The molecule has 0 saturated carbocycles. The van der Waals surface area contributed by atoms with Crippen LogP contribution in [-0.4, -0.2) is 7.11 Å². The van der Waals surface area contributed by atoms with Gasteiger partial charge in [0.2, 0.25) is 0 Å². The highest BCUT2D eigenvalue weighted by atomic mass is 79.9. The maximum absolute atomic E-state index is 5.26. The molecule has 2 aromatic carbocycles. The minimum atomic E-state index is 0.338. The second kappa shape index (κ2) is 6.76. The van der Waals surface area contributed by atoms with Gasteiger partial charge in [-0.05, 0) is 41.7 Å². The molecule has 1 nitrogen and oxygen atoms in total. The van der Waals surface area contributed by atoms with E-state index in [1.807, 2.05) is 12.1 Å². The van der Waals surface area contributed by atoms with Crippen LogP contribution in [-0.2, 0) is 12.8 Å². The minimum absolute atomic E-state index is 0.338. The second-order valence-electron chi connectivity index (χ2n) is 4.62. The van der Waals surface area contributed by atoms with Crippen LogP contribution in [0.1, 0.15) is 28.4 Å². The summed E-state index contributed by atoms with van der Waals surface area (Å²) in [5.74, 6) is 0.915. The van der Waals surface area contributed by atoms with E-state index in [1.165, 1.54) is 16.7 Å². The fourth-order valence-corrected chi connectivity index (χ4v) is 2.77. The van der Waals surface area contributed by atoms with Crippen molar-refractivity contribution >= 4 is 15.9 Å². The largest absolute Gasteiger partial charge is 0.497 e. The fourth-order valence-electron chi connectivity index (χ4n) is 2.09. The summed E-state index contributed by atoms with van der Waals surface area (Å²) in [6.07, 6.45) is 2.05. The highest BCUT2D eigenvalue weighted by molar-refractivity contribution is 9.09. The predicted molar refractivity (Wildman–Crippen MR) is 84.2 cm³/mol. The Morgan fingerprint density at radius 1 is 1.05 bits per heavy atom. The third-order valence-electron chi connectivity index (χ3n) is 3.30. The Morgan fingerprint density at radius 2 is 1.79 bits per heavy atom. The number of methoxy groups -OCH3 is 1. The van der Waals surface area contributed by atoms with Crippen LogP contribution in [0.5, 0.6) is 5.75 Å². The third kappa shape index (κ3) is 3.84. The van der Waals surface area contributed by atoms with Crippen molar-refractivity contribution in [1.82, 2.24) is 0 Å². The number of hydrogen-bond acceptors (Lipinski definition) is 1. The lowest BCUT2D eigenvalue weighted by molar-refractivity contribution is 0.414. The molecule has 0 heterocycles. The standard InChI is InChI=1S/C17H19BrO/c1-3-13-7-9-15(10-8-13)17(18)12-14-5-4-6-16(11-14)19-2/h4-11,17H,3,12H2,1-2H3. The second-order valence-corrected chi connectivity index (χ2v) is 5.72. The van der Waals surface area contributed by atoms with E-state index in [4.69, 9.17) is 4.74 Å². The van der Waals surface area contributed by atoms with Crippen molar-refractivity contribution < 1.29 is 4.74 Å². The Hall–Kier alpha value is -1.28. The van der Waals surface area contributed by atoms with Gasteiger partial charge in [-0.25, -0.2) is 0 Å². The number of aryl methyl sites for hydroxylation is 1. The summed E-state index contributed by atoms with van der Waals surface area (Å²) < 4.78 is 5.26. The summed E-state index contributed by atoms with van der Waals surface area (Å²) in [7, 11) is 1.70. The zero-order valence-electron chi connectivity index (χ0n) is 11.4. The number of alkyl halides is 1. The van der Waals surface area contributed by atoms with Crippen LogP contribution in [0.2, 0.25) is 0 Å². The fraction of sp³-hybridized carbons (Fsp3) is 0.294. The maximum Gasteiger partial charge on any atom is 0.119 e. The summed E-state index contributed by atoms with van der Waals surface area (Å²) in [4.78, 5) is 0.338. The molecular formula is C17H19BrO. The van der Waals surface area contributed by atoms with Crippen LogP contribution < -0.4 is 4.74 Å². The molecule has 0 saturated heterocycles. The molecule has 2 rings (SSSR count). The number of benzene rings is 2. The SMILES string of the molecule is CCc1ccc(C(Br)Cc2cccc(OC)c2)cc1. The number of rotatable bonds is 5. The Bertz CT molecular complexity index is 519. The summed E-state index contributed by atoms with van der Waals surface area (Å²) in [6, 6.07) is 17.1. The maximum atomic E-state index is 5.26. The van der Waals surface area contributed by atoms with Gasteiger partial charge in [-0.3, -0.25) is 0 Å². The van der Waals surface area contributed by atoms with Gasteiger partial charge >= 0.3 is 0 Å². The Kier molecular flexibility index (Phi) is 5.03. The van der Waals surface area contributed by atoms with Gasteiger partial charge in [0.25, 0.3) is 0 Å². The lowest BCUT2D eigenvalue weighted by atomic mass is 10.0. The van der Waals surface area contributed by atoms with Crippen LogP contribution in [0, 0.1) is 0 Å².